The second-order valence-corrected chi connectivity index (χ2v) is 8.08. The first-order chi connectivity index (χ1) is 11.7. The molecule has 0 amide bonds. The standard InChI is InChI=1S/C19H25N3OS/c1-14-5-3-4-6-18(14)19-20-9-17(24-19)11-21-7-8-22-15(2)12-23-13-16(22)10-21/h3-6,9,15-16H,7-8,10-13H2,1-2H3/t15-,16+/m0/s1. The van der Waals surface area contributed by atoms with Crippen LogP contribution in [-0.2, 0) is 11.3 Å². The number of piperazine rings is 1. The van der Waals surface area contributed by atoms with Crippen molar-refractivity contribution >= 4 is 11.3 Å². The molecule has 0 unspecified atom stereocenters. The molecule has 24 heavy (non-hydrogen) atoms. The number of hydrogen-bond acceptors (Lipinski definition) is 5. The van der Waals surface area contributed by atoms with Crippen LogP contribution in [0.15, 0.2) is 30.5 Å². The second-order valence-electron chi connectivity index (χ2n) is 6.96. The molecule has 3 heterocycles. The van der Waals surface area contributed by atoms with E-state index in [0.717, 1.165) is 44.4 Å². The van der Waals surface area contributed by atoms with Gasteiger partial charge in [-0.1, -0.05) is 24.3 Å². The summed E-state index contributed by atoms with van der Waals surface area (Å²) in [6.07, 6.45) is 2.05. The third-order valence-corrected chi connectivity index (χ3v) is 6.17. The fourth-order valence-electron chi connectivity index (χ4n) is 3.81. The average molecular weight is 343 g/mol. The zero-order valence-corrected chi connectivity index (χ0v) is 15.3. The quantitative estimate of drug-likeness (QED) is 0.856. The molecule has 4 nitrogen and oxygen atoms in total. The molecule has 0 N–H and O–H groups in total. The van der Waals surface area contributed by atoms with Gasteiger partial charge in [0.05, 0.1) is 13.2 Å². The van der Waals surface area contributed by atoms with Gasteiger partial charge in [0.2, 0.25) is 0 Å². The van der Waals surface area contributed by atoms with E-state index in [1.54, 1.807) is 0 Å². The Kier molecular flexibility index (Phi) is 4.68. The number of thiazole rings is 1. The van der Waals surface area contributed by atoms with Crippen LogP contribution < -0.4 is 0 Å². The maximum atomic E-state index is 5.75. The molecular weight excluding hydrogens is 318 g/mol. The molecule has 4 rings (SSSR count). The van der Waals surface area contributed by atoms with E-state index in [4.69, 9.17) is 4.74 Å². The molecule has 128 valence electrons. The molecule has 1 aromatic carbocycles. The summed E-state index contributed by atoms with van der Waals surface area (Å²) >= 11 is 1.83. The first-order valence-corrected chi connectivity index (χ1v) is 9.59. The minimum absolute atomic E-state index is 0.547. The lowest BCUT2D eigenvalue weighted by molar-refractivity contribution is -0.0764. The zero-order chi connectivity index (χ0) is 16.5. The Balaban J connectivity index is 1.43. The smallest absolute Gasteiger partial charge is 0.123 e. The van der Waals surface area contributed by atoms with Crippen LogP contribution in [0, 0.1) is 6.92 Å². The number of hydrogen-bond donors (Lipinski definition) is 0. The van der Waals surface area contributed by atoms with Crippen molar-refractivity contribution in [3.8, 4) is 10.6 Å². The fourth-order valence-corrected chi connectivity index (χ4v) is 4.86. The molecule has 5 heteroatoms. The van der Waals surface area contributed by atoms with Crippen molar-refractivity contribution in [3.63, 3.8) is 0 Å². The maximum Gasteiger partial charge on any atom is 0.123 e. The molecule has 0 spiro atoms. The Hall–Kier alpha value is -1.27. The molecule has 0 radical (unpaired) electrons. The van der Waals surface area contributed by atoms with Crippen molar-refractivity contribution < 1.29 is 4.74 Å². The van der Waals surface area contributed by atoms with Gasteiger partial charge in [-0.2, -0.15) is 0 Å². The highest BCUT2D eigenvalue weighted by atomic mass is 32.1. The Morgan fingerprint density at radius 1 is 1.25 bits per heavy atom. The van der Waals surface area contributed by atoms with Crippen molar-refractivity contribution in [2.24, 2.45) is 0 Å². The summed E-state index contributed by atoms with van der Waals surface area (Å²) in [5.74, 6) is 0. The molecule has 0 saturated carbocycles. The summed E-state index contributed by atoms with van der Waals surface area (Å²) in [6, 6.07) is 9.60. The molecule has 2 aromatic rings. The topological polar surface area (TPSA) is 28.6 Å². The Labute approximate surface area is 148 Å². The van der Waals surface area contributed by atoms with Gasteiger partial charge >= 0.3 is 0 Å². The van der Waals surface area contributed by atoms with Crippen LogP contribution in [0.4, 0.5) is 0 Å². The lowest BCUT2D eigenvalue weighted by Crippen LogP contribution is -2.60. The second kappa shape index (κ2) is 6.92. The Morgan fingerprint density at radius 3 is 3.00 bits per heavy atom. The molecule has 2 fully saturated rings. The van der Waals surface area contributed by atoms with Crippen LogP contribution in [0.3, 0.4) is 0 Å². The summed E-state index contributed by atoms with van der Waals surface area (Å²) in [4.78, 5) is 11.2. The van der Waals surface area contributed by atoms with Gasteiger partial charge < -0.3 is 4.74 Å². The van der Waals surface area contributed by atoms with Gasteiger partial charge in [-0.15, -0.1) is 11.3 Å². The number of aryl methyl sites for hydroxylation is 1. The van der Waals surface area contributed by atoms with Gasteiger partial charge in [0.15, 0.2) is 0 Å². The Morgan fingerprint density at radius 2 is 2.12 bits per heavy atom. The van der Waals surface area contributed by atoms with Crippen LogP contribution in [0.2, 0.25) is 0 Å². The fraction of sp³-hybridized carbons (Fsp3) is 0.526. The highest BCUT2D eigenvalue weighted by Gasteiger charge is 2.33. The van der Waals surface area contributed by atoms with Crippen LogP contribution in [0.25, 0.3) is 10.6 Å². The van der Waals surface area contributed by atoms with E-state index in [0.29, 0.717) is 12.1 Å². The predicted octanol–water partition coefficient (Wildman–Crippen LogP) is 3.02. The molecule has 1 aromatic heterocycles. The first kappa shape index (κ1) is 16.2. The van der Waals surface area contributed by atoms with E-state index in [1.165, 1.54) is 16.0 Å². The Bertz CT molecular complexity index is 701. The summed E-state index contributed by atoms with van der Waals surface area (Å²) < 4.78 is 5.75. The van der Waals surface area contributed by atoms with Crippen LogP contribution in [0.5, 0.6) is 0 Å². The lowest BCUT2D eigenvalue weighted by atomic mass is 10.1. The van der Waals surface area contributed by atoms with Crippen molar-refractivity contribution in [3.05, 3.63) is 40.9 Å². The summed E-state index contributed by atoms with van der Waals surface area (Å²) in [6.45, 7) is 10.6. The highest BCUT2D eigenvalue weighted by molar-refractivity contribution is 7.15. The predicted molar refractivity (Wildman–Crippen MR) is 98.3 cm³/mol. The minimum Gasteiger partial charge on any atom is -0.378 e. The molecule has 2 atom stereocenters. The van der Waals surface area contributed by atoms with Crippen molar-refractivity contribution in [1.82, 2.24) is 14.8 Å². The van der Waals surface area contributed by atoms with Gasteiger partial charge in [-0.05, 0) is 19.4 Å². The lowest BCUT2D eigenvalue weighted by Gasteiger charge is -2.46. The number of benzene rings is 1. The number of morpholine rings is 1. The van der Waals surface area contributed by atoms with Gasteiger partial charge in [0.25, 0.3) is 0 Å². The van der Waals surface area contributed by atoms with E-state index >= 15 is 0 Å². The molecule has 2 saturated heterocycles. The van der Waals surface area contributed by atoms with Gasteiger partial charge in [-0.3, -0.25) is 9.80 Å². The van der Waals surface area contributed by atoms with E-state index in [2.05, 4.69) is 59.1 Å². The van der Waals surface area contributed by atoms with Crippen LogP contribution >= 0.6 is 11.3 Å². The van der Waals surface area contributed by atoms with E-state index in [1.807, 2.05) is 11.3 Å². The maximum absolute atomic E-state index is 5.75. The molecule has 2 aliphatic heterocycles. The molecular formula is C19H25N3OS. The monoisotopic (exact) mass is 343 g/mol. The normalized spacial score (nSPS) is 25.6. The molecule has 0 bridgehead atoms. The van der Waals surface area contributed by atoms with Crippen molar-refractivity contribution in [2.75, 3.05) is 32.8 Å². The number of ether oxygens (including phenoxy) is 1. The van der Waals surface area contributed by atoms with E-state index < -0.39 is 0 Å². The summed E-state index contributed by atoms with van der Waals surface area (Å²) in [5.41, 5.74) is 2.55. The van der Waals surface area contributed by atoms with Gasteiger partial charge in [0.1, 0.15) is 5.01 Å². The summed E-state index contributed by atoms with van der Waals surface area (Å²) in [7, 11) is 0. The third-order valence-electron chi connectivity index (χ3n) is 5.16. The van der Waals surface area contributed by atoms with Crippen molar-refractivity contribution in [1.29, 1.82) is 0 Å². The SMILES string of the molecule is Cc1ccccc1-c1ncc(CN2CCN3[C@@H](COC[C@@H]3C)C2)s1. The van der Waals surface area contributed by atoms with Gasteiger partial charge in [0, 0.05) is 54.9 Å². The average Bonchev–Trinajstić information content (AvgIpc) is 3.04. The van der Waals surface area contributed by atoms with Crippen LogP contribution in [0.1, 0.15) is 17.4 Å². The number of aromatic nitrogens is 1. The number of fused-ring (bicyclic) bond motifs is 1. The van der Waals surface area contributed by atoms with Crippen molar-refractivity contribution in [2.45, 2.75) is 32.5 Å². The van der Waals surface area contributed by atoms with Gasteiger partial charge in [-0.25, -0.2) is 4.98 Å². The minimum atomic E-state index is 0.547. The molecule has 0 aliphatic carbocycles. The van der Waals surface area contributed by atoms with E-state index in [9.17, 15) is 0 Å². The third kappa shape index (κ3) is 3.26. The number of nitrogens with zero attached hydrogens (tertiary/aromatic N) is 3. The number of rotatable bonds is 3. The van der Waals surface area contributed by atoms with Crippen LogP contribution in [-0.4, -0.2) is 59.7 Å². The summed E-state index contributed by atoms with van der Waals surface area (Å²) in [5, 5.41) is 1.14. The zero-order valence-electron chi connectivity index (χ0n) is 14.4. The largest absolute Gasteiger partial charge is 0.378 e. The molecule has 2 aliphatic rings. The van der Waals surface area contributed by atoms with E-state index in [-0.39, 0.29) is 0 Å². The first-order valence-electron chi connectivity index (χ1n) is 8.77. The highest BCUT2D eigenvalue weighted by Crippen LogP contribution is 2.29.